The summed E-state index contributed by atoms with van der Waals surface area (Å²) in [6, 6.07) is 4.66. The zero-order chi connectivity index (χ0) is 19.9. The van der Waals surface area contributed by atoms with Crippen LogP contribution >= 0.6 is 35.3 Å². The highest BCUT2D eigenvalue weighted by Gasteiger charge is 2.27. The fourth-order valence-corrected chi connectivity index (χ4v) is 4.44. The molecule has 0 bridgehead atoms. The van der Waals surface area contributed by atoms with Gasteiger partial charge in [-0.15, -0.1) is 35.3 Å². The van der Waals surface area contributed by atoms with E-state index in [9.17, 15) is 4.79 Å². The van der Waals surface area contributed by atoms with Crippen molar-refractivity contribution in [3.8, 4) is 0 Å². The van der Waals surface area contributed by atoms with Crippen LogP contribution in [0.3, 0.4) is 0 Å². The van der Waals surface area contributed by atoms with Crippen molar-refractivity contribution >= 4 is 47.2 Å². The lowest BCUT2D eigenvalue weighted by Gasteiger charge is -2.35. The molecule has 5 nitrogen and oxygen atoms in total. The molecule has 2 N–H and O–H groups in total. The van der Waals surface area contributed by atoms with Crippen molar-refractivity contribution in [3.63, 3.8) is 0 Å². The van der Waals surface area contributed by atoms with Gasteiger partial charge in [0.1, 0.15) is 0 Å². The topological polar surface area (TPSA) is 56.7 Å². The van der Waals surface area contributed by atoms with Crippen molar-refractivity contribution in [3.05, 3.63) is 22.4 Å². The van der Waals surface area contributed by atoms with Crippen LogP contribution in [0.5, 0.6) is 0 Å². The quantitative estimate of drug-likeness (QED) is 0.322. The zero-order valence-corrected chi connectivity index (χ0v) is 21.1. The second kappa shape index (κ2) is 12.0. The Bertz CT molecular complexity index is 606. The smallest absolute Gasteiger partial charge is 0.225 e. The van der Waals surface area contributed by atoms with Gasteiger partial charge in [0.05, 0.1) is 0 Å². The minimum atomic E-state index is 0. The predicted molar refractivity (Wildman–Crippen MR) is 131 cm³/mol. The minimum Gasteiger partial charge on any atom is -0.356 e. The van der Waals surface area contributed by atoms with Crippen molar-refractivity contribution < 1.29 is 4.79 Å². The molecule has 0 aromatic carbocycles. The van der Waals surface area contributed by atoms with Crippen LogP contribution in [0.15, 0.2) is 22.5 Å². The van der Waals surface area contributed by atoms with Crippen LogP contribution < -0.4 is 10.6 Å². The normalized spacial score (nSPS) is 16.1. The van der Waals surface area contributed by atoms with Crippen molar-refractivity contribution in [2.75, 3.05) is 26.7 Å². The van der Waals surface area contributed by atoms with E-state index < -0.39 is 0 Å². The van der Waals surface area contributed by atoms with Gasteiger partial charge in [0.25, 0.3) is 0 Å². The van der Waals surface area contributed by atoms with Gasteiger partial charge < -0.3 is 15.5 Å². The molecule has 0 saturated carbocycles. The third-order valence-electron chi connectivity index (χ3n) is 5.59. The summed E-state index contributed by atoms with van der Waals surface area (Å²) in [5.41, 5.74) is 0.0664. The standard InChI is InChI=1S/C21H36N4OS.HI/c1-6-16(7-2)19(26)25-12-10-17(11-13-25)24-20(22-5)23-15-21(3,4)18-9-8-14-27-18;/h8-9,14,16-17H,6-7,10-13,15H2,1-5H3,(H2,22,23,24);1H. The van der Waals surface area contributed by atoms with Crippen LogP contribution in [0.1, 0.15) is 58.3 Å². The van der Waals surface area contributed by atoms with Crippen molar-refractivity contribution in [2.45, 2.75) is 64.8 Å². The van der Waals surface area contributed by atoms with Crippen LogP contribution in [-0.4, -0.2) is 49.5 Å². The maximum absolute atomic E-state index is 12.5. The van der Waals surface area contributed by atoms with Gasteiger partial charge in [-0.05, 0) is 37.1 Å². The second-order valence-corrected chi connectivity index (χ2v) is 8.99. The van der Waals surface area contributed by atoms with Gasteiger partial charge in [-0.25, -0.2) is 0 Å². The van der Waals surface area contributed by atoms with Gasteiger partial charge in [-0.3, -0.25) is 9.79 Å². The molecule has 160 valence electrons. The molecule has 1 amide bonds. The van der Waals surface area contributed by atoms with E-state index in [4.69, 9.17) is 0 Å². The Labute approximate surface area is 191 Å². The third-order valence-corrected chi connectivity index (χ3v) is 6.83. The van der Waals surface area contributed by atoms with E-state index in [0.29, 0.717) is 11.9 Å². The van der Waals surface area contributed by atoms with Gasteiger partial charge in [0.2, 0.25) is 5.91 Å². The Balaban J connectivity index is 0.00000392. The third kappa shape index (κ3) is 6.90. The number of carbonyl (C=O) groups excluding carboxylic acids is 1. The van der Waals surface area contributed by atoms with Gasteiger partial charge >= 0.3 is 0 Å². The molecule has 1 aromatic rings. The first-order valence-corrected chi connectivity index (χ1v) is 11.1. The molecular weight excluding hydrogens is 483 g/mol. The molecule has 0 unspecified atom stereocenters. The van der Waals surface area contributed by atoms with Gasteiger partial charge in [0.15, 0.2) is 5.96 Å². The summed E-state index contributed by atoms with van der Waals surface area (Å²) < 4.78 is 0. The van der Waals surface area contributed by atoms with Crippen LogP contribution in [0, 0.1) is 5.92 Å². The highest BCUT2D eigenvalue weighted by molar-refractivity contribution is 14.0. The Morgan fingerprint density at radius 3 is 2.46 bits per heavy atom. The molecule has 0 radical (unpaired) electrons. The molecule has 7 heteroatoms. The van der Waals surface area contributed by atoms with E-state index in [-0.39, 0.29) is 35.3 Å². The number of amides is 1. The molecule has 0 spiro atoms. The number of hydrogen-bond acceptors (Lipinski definition) is 3. The monoisotopic (exact) mass is 520 g/mol. The lowest BCUT2D eigenvalue weighted by molar-refractivity contribution is -0.136. The molecule has 0 aliphatic carbocycles. The highest BCUT2D eigenvalue weighted by Crippen LogP contribution is 2.26. The first-order valence-electron chi connectivity index (χ1n) is 10.2. The highest BCUT2D eigenvalue weighted by atomic mass is 127. The summed E-state index contributed by atoms with van der Waals surface area (Å²) in [5.74, 6) is 1.37. The maximum Gasteiger partial charge on any atom is 0.225 e. The SMILES string of the molecule is CCC(CC)C(=O)N1CCC(NC(=NC)NCC(C)(C)c2cccs2)CC1.I. The zero-order valence-electron chi connectivity index (χ0n) is 18.0. The van der Waals surface area contributed by atoms with E-state index in [2.05, 4.69) is 60.8 Å². The number of likely N-dealkylation sites (tertiary alicyclic amines) is 1. The molecule has 1 saturated heterocycles. The number of guanidine groups is 1. The second-order valence-electron chi connectivity index (χ2n) is 8.04. The number of nitrogens with one attached hydrogen (secondary N) is 2. The number of aliphatic imine (C=N–C) groups is 1. The van der Waals surface area contributed by atoms with Gasteiger partial charge in [-0.1, -0.05) is 33.8 Å². The Morgan fingerprint density at radius 2 is 1.96 bits per heavy atom. The van der Waals surface area contributed by atoms with Crippen LogP contribution in [0.25, 0.3) is 0 Å². The Kier molecular flexibility index (Phi) is 10.8. The summed E-state index contributed by atoms with van der Waals surface area (Å²) in [7, 11) is 1.82. The summed E-state index contributed by atoms with van der Waals surface area (Å²) in [4.78, 5) is 20.4. The Hall–Kier alpha value is -0.830. The number of thiophene rings is 1. The largest absolute Gasteiger partial charge is 0.356 e. The molecule has 1 aromatic heterocycles. The summed E-state index contributed by atoms with van der Waals surface area (Å²) in [6.07, 6.45) is 3.82. The lowest BCUT2D eigenvalue weighted by Crippen LogP contribution is -2.51. The molecule has 0 atom stereocenters. The van der Waals surface area contributed by atoms with E-state index >= 15 is 0 Å². The molecule has 2 heterocycles. The fourth-order valence-electron chi connectivity index (χ4n) is 3.58. The minimum absolute atomic E-state index is 0. The lowest BCUT2D eigenvalue weighted by atomic mass is 9.91. The van der Waals surface area contributed by atoms with Crippen molar-refractivity contribution in [1.29, 1.82) is 0 Å². The first kappa shape index (κ1) is 25.2. The molecule has 28 heavy (non-hydrogen) atoms. The van der Waals surface area contributed by atoms with Crippen molar-refractivity contribution in [1.82, 2.24) is 15.5 Å². The molecule has 1 aliphatic rings. The average molecular weight is 521 g/mol. The number of halogens is 1. The first-order chi connectivity index (χ1) is 12.9. The van der Waals surface area contributed by atoms with Crippen LogP contribution in [0.4, 0.5) is 0 Å². The number of nitrogens with zero attached hydrogens (tertiary/aromatic N) is 2. The molecular formula is C21H37IN4OS. The fraction of sp³-hybridized carbons (Fsp3) is 0.714. The van der Waals surface area contributed by atoms with Gasteiger partial charge in [0, 0.05) is 48.9 Å². The molecule has 1 aliphatic heterocycles. The number of carbonyl (C=O) groups is 1. The van der Waals surface area contributed by atoms with Crippen LogP contribution in [0.2, 0.25) is 0 Å². The summed E-state index contributed by atoms with van der Waals surface area (Å²) in [5, 5.41) is 9.15. The van der Waals surface area contributed by atoms with Gasteiger partial charge in [-0.2, -0.15) is 0 Å². The summed E-state index contributed by atoms with van der Waals surface area (Å²) >= 11 is 1.80. The Morgan fingerprint density at radius 1 is 1.32 bits per heavy atom. The number of hydrogen-bond donors (Lipinski definition) is 2. The number of rotatable bonds is 7. The predicted octanol–water partition coefficient (Wildman–Crippen LogP) is 4.24. The maximum atomic E-state index is 12.5. The molecule has 1 fully saturated rings. The van der Waals surface area contributed by atoms with E-state index in [1.165, 1.54) is 4.88 Å². The van der Waals surface area contributed by atoms with Crippen LogP contribution in [-0.2, 0) is 10.2 Å². The average Bonchev–Trinajstić information content (AvgIpc) is 3.22. The van der Waals surface area contributed by atoms with E-state index in [1.807, 2.05) is 11.9 Å². The summed E-state index contributed by atoms with van der Waals surface area (Å²) in [6.45, 7) is 11.2. The van der Waals surface area contributed by atoms with Crippen molar-refractivity contribution in [2.24, 2.45) is 10.9 Å². The van der Waals surface area contributed by atoms with E-state index in [0.717, 1.165) is 51.3 Å². The van der Waals surface area contributed by atoms with E-state index in [1.54, 1.807) is 11.3 Å². The molecule has 2 rings (SSSR count). The number of piperidine rings is 1.